The molecule has 3 rings (SSSR count). The molecule has 0 atom stereocenters. The van der Waals surface area contributed by atoms with Crippen LogP contribution in [-0.2, 0) is 11.2 Å². The zero-order valence-corrected chi connectivity index (χ0v) is 10.9. The summed E-state index contributed by atoms with van der Waals surface area (Å²) in [7, 11) is 0. The molecule has 0 heterocycles. The lowest BCUT2D eigenvalue weighted by molar-refractivity contribution is -0.116. The van der Waals surface area contributed by atoms with Crippen LogP contribution in [0.5, 0.6) is 0 Å². The van der Waals surface area contributed by atoms with Gasteiger partial charge in [-0.05, 0) is 66.9 Å². The van der Waals surface area contributed by atoms with Gasteiger partial charge in [0.05, 0.1) is 0 Å². The number of carbonyl (C=O) groups is 1. The van der Waals surface area contributed by atoms with Crippen molar-refractivity contribution >= 4 is 11.5 Å². The number of carbonyl (C=O) groups excluding carboxylic acids is 1. The maximum atomic E-state index is 13.3. The molecule has 0 saturated heterocycles. The van der Waals surface area contributed by atoms with Crippen LogP contribution < -0.4 is 5.32 Å². The first-order chi connectivity index (χ1) is 9.22. The lowest BCUT2D eigenvalue weighted by atomic mass is 9.87. The third-order valence-corrected chi connectivity index (χ3v) is 3.88. The van der Waals surface area contributed by atoms with E-state index in [4.69, 9.17) is 0 Å². The van der Waals surface area contributed by atoms with E-state index >= 15 is 0 Å². The number of rotatable bonds is 3. The number of hydrogen-bond donors (Lipinski definition) is 1. The van der Waals surface area contributed by atoms with Crippen LogP contribution in [0.25, 0.3) is 5.57 Å². The van der Waals surface area contributed by atoms with Crippen LogP contribution in [0, 0.1) is 11.7 Å². The molecular weight excluding hydrogens is 241 g/mol. The molecule has 2 nitrogen and oxygen atoms in total. The normalized spacial score (nSPS) is 20.2. The molecule has 0 bridgehead atoms. The molecule has 100 valence electrons. The van der Waals surface area contributed by atoms with E-state index in [-0.39, 0.29) is 11.7 Å². The molecule has 1 aromatic carbocycles. The quantitative estimate of drug-likeness (QED) is 0.830. The summed E-state index contributed by atoms with van der Waals surface area (Å²) in [4.78, 5) is 11.9. The van der Waals surface area contributed by atoms with Crippen molar-refractivity contribution in [1.29, 1.82) is 0 Å². The van der Waals surface area contributed by atoms with Crippen LogP contribution in [0.2, 0.25) is 0 Å². The van der Waals surface area contributed by atoms with Crippen molar-refractivity contribution < 1.29 is 9.18 Å². The predicted molar refractivity (Wildman–Crippen MR) is 73.0 cm³/mol. The van der Waals surface area contributed by atoms with Crippen molar-refractivity contribution in [3.05, 3.63) is 41.2 Å². The molecule has 0 aliphatic heterocycles. The number of fused-ring (bicyclic) bond motifs is 1. The Morgan fingerprint density at radius 1 is 1.37 bits per heavy atom. The van der Waals surface area contributed by atoms with Gasteiger partial charge in [-0.15, -0.1) is 0 Å². The number of nitrogens with one attached hydrogen (secondary N) is 1. The van der Waals surface area contributed by atoms with Crippen molar-refractivity contribution in [2.24, 2.45) is 5.92 Å². The second-order valence-electron chi connectivity index (χ2n) is 5.51. The molecular formula is C16H18FNO. The van der Waals surface area contributed by atoms with E-state index < -0.39 is 0 Å². The summed E-state index contributed by atoms with van der Waals surface area (Å²) in [5.74, 6) is 0.405. The fourth-order valence-corrected chi connectivity index (χ4v) is 2.60. The van der Waals surface area contributed by atoms with E-state index in [1.54, 1.807) is 12.1 Å². The summed E-state index contributed by atoms with van der Waals surface area (Å²) in [6.45, 7) is 0.776. The Morgan fingerprint density at radius 3 is 3.00 bits per heavy atom. The van der Waals surface area contributed by atoms with E-state index in [0.717, 1.165) is 42.5 Å². The van der Waals surface area contributed by atoms with Gasteiger partial charge in [-0.2, -0.15) is 0 Å². The first-order valence-corrected chi connectivity index (χ1v) is 6.99. The van der Waals surface area contributed by atoms with Crippen LogP contribution in [0.15, 0.2) is 24.3 Å². The van der Waals surface area contributed by atoms with Crippen molar-refractivity contribution in [3.8, 4) is 0 Å². The van der Waals surface area contributed by atoms with E-state index in [0.29, 0.717) is 5.92 Å². The second-order valence-corrected chi connectivity index (χ2v) is 5.51. The average molecular weight is 259 g/mol. The average Bonchev–Trinajstić information content (AvgIpc) is 3.21. The molecule has 0 aromatic heterocycles. The van der Waals surface area contributed by atoms with E-state index in [1.807, 2.05) is 6.07 Å². The number of benzene rings is 1. The molecule has 0 radical (unpaired) electrons. The monoisotopic (exact) mass is 259 g/mol. The van der Waals surface area contributed by atoms with Crippen molar-refractivity contribution in [3.63, 3.8) is 0 Å². The highest BCUT2D eigenvalue weighted by Crippen LogP contribution is 2.31. The van der Waals surface area contributed by atoms with Gasteiger partial charge >= 0.3 is 0 Å². The fourth-order valence-electron chi connectivity index (χ4n) is 2.60. The van der Waals surface area contributed by atoms with Crippen molar-refractivity contribution in [2.45, 2.75) is 32.1 Å². The third kappa shape index (κ3) is 3.03. The van der Waals surface area contributed by atoms with E-state index in [2.05, 4.69) is 5.32 Å². The Morgan fingerprint density at radius 2 is 2.21 bits per heavy atom. The Hall–Kier alpha value is -1.64. The lowest BCUT2D eigenvalue weighted by Crippen LogP contribution is -2.24. The number of allylic oxidation sites excluding steroid dienone is 1. The van der Waals surface area contributed by atoms with E-state index in [9.17, 15) is 9.18 Å². The van der Waals surface area contributed by atoms with E-state index in [1.165, 1.54) is 18.9 Å². The van der Waals surface area contributed by atoms with Gasteiger partial charge in [0, 0.05) is 12.6 Å². The van der Waals surface area contributed by atoms with Gasteiger partial charge in [0.25, 0.3) is 0 Å². The van der Waals surface area contributed by atoms with Crippen LogP contribution in [0.4, 0.5) is 4.39 Å². The topological polar surface area (TPSA) is 29.1 Å². The van der Waals surface area contributed by atoms with Gasteiger partial charge in [-0.1, -0.05) is 6.07 Å². The number of aryl methyl sites for hydroxylation is 1. The van der Waals surface area contributed by atoms with Gasteiger partial charge in [0.15, 0.2) is 0 Å². The zero-order chi connectivity index (χ0) is 13.2. The first-order valence-electron chi connectivity index (χ1n) is 6.99. The van der Waals surface area contributed by atoms with Gasteiger partial charge in [-0.3, -0.25) is 4.79 Å². The number of halogens is 1. The molecule has 1 saturated carbocycles. The smallest absolute Gasteiger partial charge is 0.244 e. The van der Waals surface area contributed by atoms with Gasteiger partial charge in [0.2, 0.25) is 5.91 Å². The Kier molecular flexibility index (Phi) is 3.36. The molecule has 1 N–H and O–H groups in total. The molecule has 2 aliphatic rings. The van der Waals surface area contributed by atoms with Gasteiger partial charge in [-0.25, -0.2) is 4.39 Å². The number of hydrogen-bond acceptors (Lipinski definition) is 1. The largest absolute Gasteiger partial charge is 0.352 e. The highest BCUT2D eigenvalue weighted by Gasteiger charge is 2.21. The highest BCUT2D eigenvalue weighted by molar-refractivity contribution is 5.95. The van der Waals surface area contributed by atoms with Crippen LogP contribution in [-0.4, -0.2) is 12.5 Å². The molecule has 0 spiro atoms. The summed E-state index contributed by atoms with van der Waals surface area (Å²) in [6, 6.07) is 4.88. The highest BCUT2D eigenvalue weighted by atomic mass is 19.1. The minimum atomic E-state index is -0.232. The van der Waals surface area contributed by atoms with Crippen LogP contribution >= 0.6 is 0 Å². The maximum Gasteiger partial charge on any atom is 0.244 e. The molecule has 1 fully saturated rings. The summed E-state index contributed by atoms with van der Waals surface area (Å²) < 4.78 is 13.3. The summed E-state index contributed by atoms with van der Waals surface area (Å²) in [5, 5.41) is 2.93. The first kappa shape index (κ1) is 12.4. The Balaban J connectivity index is 1.77. The van der Waals surface area contributed by atoms with Crippen molar-refractivity contribution in [2.75, 3.05) is 6.54 Å². The third-order valence-electron chi connectivity index (χ3n) is 3.88. The standard InChI is InChI=1S/C16H18FNO/c17-14-7-6-12-2-1-3-13(15(12)9-14)8-16(19)18-10-11-4-5-11/h6-9,11H,1-5,10H2,(H,18,19)/b13-8-. The molecule has 1 amide bonds. The molecule has 0 unspecified atom stereocenters. The minimum absolute atomic E-state index is 0.0426. The maximum absolute atomic E-state index is 13.3. The predicted octanol–water partition coefficient (Wildman–Crippen LogP) is 3.07. The molecule has 3 heteroatoms. The van der Waals surface area contributed by atoms with Gasteiger partial charge in [0.1, 0.15) is 5.82 Å². The minimum Gasteiger partial charge on any atom is -0.352 e. The Bertz CT molecular complexity index is 532. The SMILES string of the molecule is O=C(/C=C1/CCCc2ccc(F)cc21)NCC1CC1. The van der Waals surface area contributed by atoms with Crippen LogP contribution in [0.3, 0.4) is 0 Å². The van der Waals surface area contributed by atoms with Crippen LogP contribution in [0.1, 0.15) is 36.8 Å². The van der Waals surface area contributed by atoms with Crippen molar-refractivity contribution in [1.82, 2.24) is 5.32 Å². The summed E-state index contributed by atoms with van der Waals surface area (Å²) in [6.07, 6.45) is 6.96. The lowest BCUT2D eigenvalue weighted by Gasteiger charge is -2.19. The number of amides is 1. The fraction of sp³-hybridized carbons (Fsp3) is 0.438. The second kappa shape index (κ2) is 5.16. The molecule has 19 heavy (non-hydrogen) atoms. The summed E-state index contributed by atoms with van der Waals surface area (Å²) >= 11 is 0. The molecule has 1 aromatic rings. The van der Waals surface area contributed by atoms with Gasteiger partial charge < -0.3 is 5.32 Å². The Labute approximate surface area is 112 Å². The summed E-state index contributed by atoms with van der Waals surface area (Å²) in [5.41, 5.74) is 3.02. The zero-order valence-electron chi connectivity index (χ0n) is 10.9. The molecule has 2 aliphatic carbocycles.